The van der Waals surface area contributed by atoms with Crippen molar-refractivity contribution in [3.05, 3.63) is 45.8 Å². The van der Waals surface area contributed by atoms with Crippen molar-refractivity contribution in [1.29, 1.82) is 0 Å². The van der Waals surface area contributed by atoms with Crippen LogP contribution in [0.15, 0.2) is 30.5 Å². The lowest BCUT2D eigenvalue weighted by atomic mass is 10.3. The highest BCUT2D eigenvalue weighted by atomic mass is 127. The van der Waals surface area contributed by atoms with Gasteiger partial charge in [0.25, 0.3) is 0 Å². The van der Waals surface area contributed by atoms with E-state index < -0.39 is 17.8 Å². The molecule has 0 unspecified atom stereocenters. The van der Waals surface area contributed by atoms with Gasteiger partial charge >= 0.3 is 6.18 Å². The maximum atomic E-state index is 12.7. The van der Waals surface area contributed by atoms with Gasteiger partial charge in [0.05, 0.1) is 0 Å². The summed E-state index contributed by atoms with van der Waals surface area (Å²) in [6, 6.07) is 4.73. The molecule has 7 heteroatoms. The largest absolute Gasteiger partial charge is 0.450 e. The fourth-order valence-corrected chi connectivity index (χ4v) is 1.86. The van der Waals surface area contributed by atoms with E-state index in [1.54, 1.807) is 22.6 Å². The van der Waals surface area contributed by atoms with E-state index in [0.717, 1.165) is 16.7 Å². The molecule has 90 valence electrons. The van der Waals surface area contributed by atoms with Gasteiger partial charge in [0, 0.05) is 11.9 Å². The van der Waals surface area contributed by atoms with E-state index in [9.17, 15) is 17.6 Å². The second-order valence-electron chi connectivity index (χ2n) is 3.23. The van der Waals surface area contributed by atoms with Crippen molar-refractivity contribution in [1.82, 2.24) is 9.55 Å². The highest BCUT2D eigenvalue weighted by Gasteiger charge is 2.37. The van der Waals surface area contributed by atoms with E-state index in [0.29, 0.717) is 0 Å². The second kappa shape index (κ2) is 4.28. The van der Waals surface area contributed by atoms with Gasteiger partial charge in [-0.15, -0.1) is 0 Å². The second-order valence-corrected chi connectivity index (χ2v) is 4.34. The molecular weight excluding hydrogens is 351 g/mol. The Labute approximate surface area is 107 Å². The van der Waals surface area contributed by atoms with Gasteiger partial charge in [0.1, 0.15) is 9.52 Å². The van der Waals surface area contributed by atoms with Gasteiger partial charge in [-0.2, -0.15) is 13.2 Å². The number of hydrogen-bond donors (Lipinski definition) is 0. The molecule has 2 rings (SSSR count). The van der Waals surface area contributed by atoms with Crippen molar-refractivity contribution in [2.75, 3.05) is 0 Å². The first-order valence-electron chi connectivity index (χ1n) is 4.46. The van der Waals surface area contributed by atoms with Crippen LogP contribution in [0.5, 0.6) is 0 Å². The Morgan fingerprint density at radius 1 is 1.12 bits per heavy atom. The lowest BCUT2D eigenvalue weighted by molar-refractivity contribution is -0.146. The summed E-state index contributed by atoms with van der Waals surface area (Å²) >= 11 is 1.69. The lowest BCUT2D eigenvalue weighted by Gasteiger charge is -2.09. The van der Waals surface area contributed by atoms with Gasteiger partial charge < -0.3 is 0 Å². The maximum absolute atomic E-state index is 12.7. The van der Waals surface area contributed by atoms with Crippen LogP contribution in [0.25, 0.3) is 5.69 Å². The smallest absolute Gasteiger partial charge is 0.295 e. The molecule has 0 bridgehead atoms. The molecule has 0 saturated heterocycles. The number of aromatic nitrogens is 2. The standard InChI is InChI=1S/C10H5F4IN2/c11-6-1-3-7(4-2-6)17-5-8(15)16-9(17)10(12,13)14/h1-5H. The molecule has 17 heavy (non-hydrogen) atoms. The fourth-order valence-electron chi connectivity index (χ4n) is 1.35. The minimum Gasteiger partial charge on any atom is -0.295 e. The molecule has 2 nitrogen and oxygen atoms in total. The van der Waals surface area contributed by atoms with Crippen LogP contribution in [-0.2, 0) is 6.18 Å². The molecule has 0 amide bonds. The summed E-state index contributed by atoms with van der Waals surface area (Å²) in [5.41, 5.74) is 0.217. The van der Waals surface area contributed by atoms with E-state index in [1.165, 1.54) is 18.3 Å². The zero-order chi connectivity index (χ0) is 12.6. The SMILES string of the molecule is Fc1ccc(-n2cc(I)nc2C(F)(F)F)cc1. The first-order chi connectivity index (χ1) is 7.88. The highest BCUT2D eigenvalue weighted by Crippen LogP contribution is 2.30. The predicted molar refractivity (Wildman–Crippen MR) is 61.2 cm³/mol. The van der Waals surface area contributed by atoms with Gasteiger partial charge in [0.2, 0.25) is 5.82 Å². The molecule has 2 aromatic rings. The van der Waals surface area contributed by atoms with E-state index in [1.807, 2.05) is 0 Å². The van der Waals surface area contributed by atoms with Crippen LogP contribution in [0.1, 0.15) is 5.82 Å². The average molecular weight is 356 g/mol. The van der Waals surface area contributed by atoms with Crippen molar-refractivity contribution >= 4 is 22.6 Å². The van der Waals surface area contributed by atoms with E-state index in [-0.39, 0.29) is 9.39 Å². The van der Waals surface area contributed by atoms with Gasteiger partial charge in [-0.05, 0) is 46.9 Å². The van der Waals surface area contributed by atoms with Crippen LogP contribution in [0, 0.1) is 9.52 Å². The van der Waals surface area contributed by atoms with Crippen LogP contribution in [-0.4, -0.2) is 9.55 Å². The Hall–Kier alpha value is -1.12. The highest BCUT2D eigenvalue weighted by molar-refractivity contribution is 14.1. The van der Waals surface area contributed by atoms with E-state index in [4.69, 9.17) is 0 Å². The molecule has 0 radical (unpaired) electrons. The first-order valence-corrected chi connectivity index (χ1v) is 5.54. The molecule has 0 spiro atoms. The van der Waals surface area contributed by atoms with Crippen molar-refractivity contribution in [3.8, 4) is 5.69 Å². The normalized spacial score (nSPS) is 11.8. The third-order valence-electron chi connectivity index (χ3n) is 2.03. The van der Waals surface area contributed by atoms with Crippen molar-refractivity contribution in [2.24, 2.45) is 0 Å². The number of alkyl halides is 3. The van der Waals surface area contributed by atoms with Crippen LogP contribution < -0.4 is 0 Å². The number of imidazole rings is 1. The summed E-state index contributed by atoms with van der Waals surface area (Å²) in [6.07, 6.45) is -3.30. The summed E-state index contributed by atoms with van der Waals surface area (Å²) in [6.45, 7) is 0. The minimum absolute atomic E-state index is 0.217. The van der Waals surface area contributed by atoms with Gasteiger partial charge in [0.15, 0.2) is 0 Å². The zero-order valence-electron chi connectivity index (χ0n) is 8.17. The summed E-state index contributed by atoms with van der Waals surface area (Å²) in [7, 11) is 0. The van der Waals surface area contributed by atoms with Crippen molar-refractivity contribution in [3.63, 3.8) is 0 Å². The number of rotatable bonds is 1. The Bertz CT molecular complexity index is 530. The molecule has 0 saturated carbocycles. The summed E-state index contributed by atoms with van der Waals surface area (Å²) in [5.74, 6) is -1.52. The lowest BCUT2D eigenvalue weighted by Crippen LogP contribution is -2.13. The molecule has 0 atom stereocenters. The van der Waals surface area contributed by atoms with Gasteiger partial charge in [-0.25, -0.2) is 9.37 Å². The number of halogens is 5. The van der Waals surface area contributed by atoms with Crippen molar-refractivity contribution in [2.45, 2.75) is 6.18 Å². The molecule has 1 aromatic heterocycles. The topological polar surface area (TPSA) is 17.8 Å². The van der Waals surface area contributed by atoms with Crippen molar-refractivity contribution < 1.29 is 17.6 Å². The molecule has 0 aliphatic heterocycles. The molecule has 0 N–H and O–H groups in total. The van der Waals surface area contributed by atoms with Crippen LogP contribution in [0.3, 0.4) is 0 Å². The Morgan fingerprint density at radius 3 is 2.24 bits per heavy atom. The number of benzene rings is 1. The Morgan fingerprint density at radius 2 is 1.71 bits per heavy atom. The fraction of sp³-hybridized carbons (Fsp3) is 0.100. The molecular formula is C10H5F4IN2. The first kappa shape index (κ1) is 12.3. The predicted octanol–water partition coefficient (Wildman–Crippen LogP) is 3.63. The van der Waals surface area contributed by atoms with Crippen LogP contribution >= 0.6 is 22.6 Å². The summed E-state index contributed by atoms with van der Waals surface area (Å²) in [4.78, 5) is 3.41. The number of hydrogen-bond acceptors (Lipinski definition) is 1. The molecule has 0 aliphatic rings. The summed E-state index contributed by atoms with van der Waals surface area (Å²) < 4.78 is 51.8. The molecule has 0 fully saturated rings. The van der Waals surface area contributed by atoms with Gasteiger partial charge in [-0.3, -0.25) is 4.57 Å². The van der Waals surface area contributed by atoms with E-state index >= 15 is 0 Å². The third kappa shape index (κ3) is 2.59. The Kier molecular flexibility index (Phi) is 3.11. The quantitative estimate of drug-likeness (QED) is 0.564. The van der Waals surface area contributed by atoms with Crippen LogP contribution in [0.4, 0.5) is 17.6 Å². The average Bonchev–Trinajstić information content (AvgIpc) is 2.61. The van der Waals surface area contributed by atoms with Gasteiger partial charge in [-0.1, -0.05) is 0 Å². The Balaban J connectivity index is 2.55. The summed E-state index contributed by atoms with van der Waals surface area (Å²) in [5, 5.41) is 0. The van der Waals surface area contributed by atoms with Crippen LogP contribution in [0.2, 0.25) is 0 Å². The number of nitrogens with zero attached hydrogens (tertiary/aromatic N) is 2. The molecule has 1 aromatic carbocycles. The monoisotopic (exact) mass is 356 g/mol. The molecule has 0 aliphatic carbocycles. The third-order valence-corrected chi connectivity index (χ3v) is 2.55. The zero-order valence-corrected chi connectivity index (χ0v) is 10.3. The van der Waals surface area contributed by atoms with E-state index in [2.05, 4.69) is 4.98 Å². The maximum Gasteiger partial charge on any atom is 0.450 e. The minimum atomic E-state index is -4.54. The molecule has 1 heterocycles.